The molecule has 0 bridgehead atoms. The molecule has 1 aliphatic rings. The van der Waals surface area contributed by atoms with E-state index in [9.17, 15) is 0 Å². The number of aryl methyl sites for hydroxylation is 1. The maximum absolute atomic E-state index is 5.91. The maximum atomic E-state index is 5.91. The second-order valence-corrected chi connectivity index (χ2v) is 4.82. The standard InChI is InChI=1S/C14H21N/c15-14-10-9-13(11-14)8-4-7-12-5-2-1-3-6-12/h1-3,5-6,13-14H,4,7-11,15H2. The predicted molar refractivity (Wildman–Crippen MR) is 64.7 cm³/mol. The van der Waals surface area contributed by atoms with E-state index in [1.54, 1.807) is 0 Å². The monoisotopic (exact) mass is 203 g/mol. The summed E-state index contributed by atoms with van der Waals surface area (Å²) < 4.78 is 0. The summed E-state index contributed by atoms with van der Waals surface area (Å²) in [4.78, 5) is 0. The summed E-state index contributed by atoms with van der Waals surface area (Å²) in [5.41, 5.74) is 7.38. The van der Waals surface area contributed by atoms with Gasteiger partial charge in [0.05, 0.1) is 0 Å². The highest BCUT2D eigenvalue weighted by Gasteiger charge is 2.20. The van der Waals surface area contributed by atoms with Gasteiger partial charge in [0, 0.05) is 6.04 Å². The van der Waals surface area contributed by atoms with Crippen LogP contribution in [0.5, 0.6) is 0 Å². The molecular weight excluding hydrogens is 182 g/mol. The molecule has 15 heavy (non-hydrogen) atoms. The quantitative estimate of drug-likeness (QED) is 0.799. The smallest absolute Gasteiger partial charge is 0.00415 e. The molecule has 0 amide bonds. The molecule has 1 nitrogen and oxygen atoms in total. The van der Waals surface area contributed by atoms with Gasteiger partial charge >= 0.3 is 0 Å². The van der Waals surface area contributed by atoms with Crippen molar-refractivity contribution in [3.8, 4) is 0 Å². The molecule has 0 saturated heterocycles. The molecule has 1 aromatic rings. The molecule has 0 radical (unpaired) electrons. The Bertz CT molecular complexity index is 281. The topological polar surface area (TPSA) is 26.0 Å². The van der Waals surface area contributed by atoms with Gasteiger partial charge in [0.1, 0.15) is 0 Å². The van der Waals surface area contributed by atoms with Crippen LogP contribution in [-0.4, -0.2) is 6.04 Å². The lowest BCUT2D eigenvalue weighted by Crippen LogP contribution is -2.14. The molecule has 1 aromatic carbocycles. The summed E-state index contributed by atoms with van der Waals surface area (Å²) in [7, 11) is 0. The number of rotatable bonds is 4. The van der Waals surface area contributed by atoms with Crippen molar-refractivity contribution in [3.63, 3.8) is 0 Å². The third-order valence-corrected chi connectivity index (χ3v) is 3.50. The van der Waals surface area contributed by atoms with Gasteiger partial charge < -0.3 is 5.73 Å². The van der Waals surface area contributed by atoms with Crippen LogP contribution in [0.3, 0.4) is 0 Å². The van der Waals surface area contributed by atoms with Crippen molar-refractivity contribution in [2.45, 2.75) is 44.6 Å². The Balaban J connectivity index is 1.67. The molecule has 0 aromatic heterocycles. The largest absolute Gasteiger partial charge is 0.328 e. The van der Waals surface area contributed by atoms with Crippen molar-refractivity contribution in [3.05, 3.63) is 35.9 Å². The zero-order chi connectivity index (χ0) is 10.5. The van der Waals surface area contributed by atoms with Crippen LogP contribution in [0.2, 0.25) is 0 Å². The van der Waals surface area contributed by atoms with E-state index in [1.807, 2.05) is 0 Å². The van der Waals surface area contributed by atoms with Crippen LogP contribution in [0.15, 0.2) is 30.3 Å². The Morgan fingerprint density at radius 1 is 1.13 bits per heavy atom. The molecule has 82 valence electrons. The molecule has 0 spiro atoms. The van der Waals surface area contributed by atoms with Crippen LogP contribution in [0, 0.1) is 5.92 Å². The van der Waals surface area contributed by atoms with Gasteiger partial charge in [0.25, 0.3) is 0 Å². The van der Waals surface area contributed by atoms with Crippen molar-refractivity contribution in [2.24, 2.45) is 11.7 Å². The van der Waals surface area contributed by atoms with Crippen molar-refractivity contribution in [1.82, 2.24) is 0 Å². The van der Waals surface area contributed by atoms with Gasteiger partial charge in [-0.2, -0.15) is 0 Å². The van der Waals surface area contributed by atoms with Crippen LogP contribution in [0.1, 0.15) is 37.7 Å². The number of hydrogen-bond acceptors (Lipinski definition) is 1. The van der Waals surface area contributed by atoms with Gasteiger partial charge in [0.2, 0.25) is 0 Å². The first kappa shape index (κ1) is 10.7. The highest BCUT2D eigenvalue weighted by Crippen LogP contribution is 2.28. The van der Waals surface area contributed by atoms with Gasteiger partial charge in [-0.05, 0) is 43.6 Å². The summed E-state index contributed by atoms with van der Waals surface area (Å²) in [6.07, 6.45) is 7.78. The van der Waals surface area contributed by atoms with Crippen molar-refractivity contribution >= 4 is 0 Å². The van der Waals surface area contributed by atoms with E-state index in [4.69, 9.17) is 5.73 Å². The first-order valence-corrected chi connectivity index (χ1v) is 6.14. The molecule has 1 saturated carbocycles. The first-order valence-electron chi connectivity index (χ1n) is 6.14. The Labute approximate surface area is 92.7 Å². The average molecular weight is 203 g/mol. The fraction of sp³-hybridized carbons (Fsp3) is 0.571. The fourth-order valence-corrected chi connectivity index (χ4v) is 2.62. The molecule has 0 heterocycles. The Morgan fingerprint density at radius 2 is 1.93 bits per heavy atom. The van der Waals surface area contributed by atoms with E-state index >= 15 is 0 Å². The summed E-state index contributed by atoms with van der Waals surface area (Å²) in [6.45, 7) is 0. The Kier molecular flexibility index (Phi) is 3.79. The van der Waals surface area contributed by atoms with Crippen LogP contribution in [-0.2, 0) is 6.42 Å². The molecule has 1 aliphatic carbocycles. The fourth-order valence-electron chi connectivity index (χ4n) is 2.62. The van der Waals surface area contributed by atoms with Crippen LogP contribution in [0.25, 0.3) is 0 Å². The van der Waals surface area contributed by atoms with Crippen molar-refractivity contribution in [2.75, 3.05) is 0 Å². The maximum Gasteiger partial charge on any atom is 0.00415 e. The zero-order valence-electron chi connectivity index (χ0n) is 9.36. The van der Waals surface area contributed by atoms with Crippen molar-refractivity contribution < 1.29 is 0 Å². The SMILES string of the molecule is NC1CCC(CCCc2ccccc2)C1. The van der Waals surface area contributed by atoms with Crippen molar-refractivity contribution in [1.29, 1.82) is 0 Å². The number of hydrogen-bond donors (Lipinski definition) is 1. The predicted octanol–water partition coefficient (Wildman–Crippen LogP) is 3.14. The highest BCUT2D eigenvalue weighted by atomic mass is 14.6. The lowest BCUT2D eigenvalue weighted by atomic mass is 9.98. The van der Waals surface area contributed by atoms with E-state index in [0.717, 1.165) is 5.92 Å². The third-order valence-electron chi connectivity index (χ3n) is 3.50. The molecule has 0 aliphatic heterocycles. The lowest BCUT2D eigenvalue weighted by Gasteiger charge is -2.08. The molecule has 2 unspecified atom stereocenters. The van der Waals surface area contributed by atoms with Crippen LogP contribution in [0.4, 0.5) is 0 Å². The lowest BCUT2D eigenvalue weighted by molar-refractivity contribution is 0.477. The normalized spacial score (nSPS) is 25.7. The Hall–Kier alpha value is -0.820. The minimum Gasteiger partial charge on any atom is -0.328 e. The zero-order valence-corrected chi connectivity index (χ0v) is 9.36. The molecule has 2 rings (SSSR count). The number of benzene rings is 1. The van der Waals surface area contributed by atoms with Gasteiger partial charge in [-0.1, -0.05) is 36.8 Å². The minimum absolute atomic E-state index is 0.492. The molecule has 1 fully saturated rings. The summed E-state index contributed by atoms with van der Waals surface area (Å²) >= 11 is 0. The van der Waals surface area contributed by atoms with Gasteiger partial charge in [-0.3, -0.25) is 0 Å². The van der Waals surface area contributed by atoms with Gasteiger partial charge in [0.15, 0.2) is 0 Å². The molecule has 2 N–H and O–H groups in total. The minimum atomic E-state index is 0.492. The second-order valence-electron chi connectivity index (χ2n) is 4.82. The molecule has 2 atom stereocenters. The average Bonchev–Trinajstić information content (AvgIpc) is 2.66. The first-order chi connectivity index (χ1) is 7.34. The number of nitrogens with two attached hydrogens (primary N) is 1. The summed E-state index contributed by atoms with van der Waals surface area (Å²) in [5.74, 6) is 0.906. The molecule has 1 heteroatoms. The van der Waals surface area contributed by atoms with E-state index in [0.29, 0.717) is 6.04 Å². The van der Waals surface area contributed by atoms with Gasteiger partial charge in [-0.25, -0.2) is 0 Å². The Morgan fingerprint density at radius 3 is 2.60 bits per heavy atom. The van der Waals surface area contributed by atoms with E-state index < -0.39 is 0 Å². The molecular formula is C14H21N. The van der Waals surface area contributed by atoms with Gasteiger partial charge in [-0.15, -0.1) is 0 Å². The van der Waals surface area contributed by atoms with E-state index in [2.05, 4.69) is 30.3 Å². The van der Waals surface area contributed by atoms with Crippen LogP contribution < -0.4 is 5.73 Å². The van der Waals surface area contributed by atoms with E-state index in [1.165, 1.54) is 44.1 Å². The summed E-state index contributed by atoms with van der Waals surface area (Å²) in [6, 6.07) is 11.3. The van der Waals surface area contributed by atoms with E-state index in [-0.39, 0.29) is 0 Å². The second kappa shape index (κ2) is 5.32. The third kappa shape index (κ3) is 3.35. The van der Waals surface area contributed by atoms with Crippen LogP contribution >= 0.6 is 0 Å². The summed E-state index contributed by atoms with van der Waals surface area (Å²) in [5, 5.41) is 0. The highest BCUT2D eigenvalue weighted by molar-refractivity contribution is 5.14.